The zero-order valence-electron chi connectivity index (χ0n) is 22.9. The summed E-state index contributed by atoms with van der Waals surface area (Å²) in [4.78, 5) is 0. The first-order chi connectivity index (χ1) is 11.7. The second-order valence-electron chi connectivity index (χ2n) is 14.8. The third kappa shape index (κ3) is 3.36. The molecule has 0 aromatic carbocycles. The fraction of sp³-hybridized carbons (Fsp3) is 1.00. The molecule has 1 aliphatic rings. The number of hydrogen-bond acceptors (Lipinski definition) is 2. The Kier molecular flexibility index (Phi) is 6.36. The molecule has 0 saturated carbocycles. The van der Waals surface area contributed by atoms with E-state index in [1.807, 2.05) is 0 Å². The normalized spacial score (nSPS) is 22.9. The Hall–Kier alpha value is 0.788. The third-order valence-electron chi connectivity index (χ3n) is 8.92. The SMILES string of the molecule is CC(C)(C)[Si](C)(N1[Si](C)(C)N([Si](C)(C(C)(C)C)C(C)(C)C)[Si]1(C)C)C(C)(C)C. The highest BCUT2D eigenvalue weighted by atomic mass is 28.6. The monoisotopic (exact) mass is 458 g/mol. The Morgan fingerprint density at radius 1 is 0.429 bits per heavy atom. The summed E-state index contributed by atoms with van der Waals surface area (Å²) < 4.78 is 6.57. The molecule has 28 heavy (non-hydrogen) atoms. The molecule has 0 aromatic heterocycles. The average Bonchev–Trinajstić information content (AvgIpc) is 2.30. The first kappa shape index (κ1) is 26.8. The van der Waals surface area contributed by atoms with Crippen LogP contribution in [-0.4, -0.2) is 41.1 Å². The molecule has 0 atom stereocenters. The molecule has 0 radical (unpaired) electrons. The fourth-order valence-corrected chi connectivity index (χ4v) is 54.7. The maximum Gasteiger partial charge on any atom is 0.175 e. The van der Waals surface area contributed by atoms with Crippen molar-refractivity contribution < 1.29 is 0 Å². The van der Waals surface area contributed by atoms with Crippen molar-refractivity contribution in [3.05, 3.63) is 0 Å². The molecular weight excluding hydrogens is 405 g/mol. The van der Waals surface area contributed by atoms with Gasteiger partial charge >= 0.3 is 0 Å². The summed E-state index contributed by atoms with van der Waals surface area (Å²) in [5, 5.41) is 1.47. The molecule has 0 spiro atoms. The highest BCUT2D eigenvalue weighted by molar-refractivity contribution is 7.21. The van der Waals surface area contributed by atoms with Gasteiger partial charge in [0, 0.05) is 0 Å². The smallest absolute Gasteiger partial charge is 0.175 e. The van der Waals surface area contributed by atoms with Gasteiger partial charge in [-0.25, -0.2) is 0 Å². The van der Waals surface area contributed by atoms with E-state index in [9.17, 15) is 0 Å². The van der Waals surface area contributed by atoms with E-state index in [1.54, 1.807) is 0 Å². The molecule has 1 heterocycles. The largest absolute Gasteiger partial charge is 0.345 e. The lowest BCUT2D eigenvalue weighted by Gasteiger charge is -2.82. The molecule has 0 amide bonds. The van der Waals surface area contributed by atoms with Gasteiger partial charge in [-0.2, -0.15) is 0 Å². The molecule has 0 N–H and O–H groups in total. The zero-order chi connectivity index (χ0) is 23.2. The van der Waals surface area contributed by atoms with Gasteiger partial charge in [-0.05, 0) is 46.3 Å². The van der Waals surface area contributed by atoms with Crippen LogP contribution in [-0.2, 0) is 0 Å². The number of rotatable bonds is 2. The van der Waals surface area contributed by atoms with Crippen molar-refractivity contribution in [2.24, 2.45) is 0 Å². The molecule has 2 nitrogen and oxygen atoms in total. The van der Waals surface area contributed by atoms with Crippen molar-refractivity contribution in [2.45, 2.75) is 143 Å². The standard InChI is InChI=1S/C22H54N2Si4/c1-19(2,3)27(17,20(4,5)6)23-25(13,14)24(26(23,15)16)28(18,21(7,8)9)22(10,11)12/h1-18H3. The van der Waals surface area contributed by atoms with Gasteiger partial charge in [0.2, 0.25) is 0 Å². The van der Waals surface area contributed by atoms with Gasteiger partial charge in [-0.3, -0.25) is 0 Å². The van der Waals surface area contributed by atoms with E-state index in [1.165, 1.54) is 0 Å². The average molecular weight is 459 g/mol. The van der Waals surface area contributed by atoms with Gasteiger partial charge in [0.25, 0.3) is 0 Å². The minimum absolute atomic E-state index is 0.368. The highest BCUT2D eigenvalue weighted by Crippen LogP contribution is 2.64. The Labute approximate surface area is 183 Å². The van der Waals surface area contributed by atoms with Crippen LogP contribution in [0.2, 0.25) is 59.4 Å². The van der Waals surface area contributed by atoms with E-state index >= 15 is 0 Å². The van der Waals surface area contributed by atoms with Crippen molar-refractivity contribution in [3.8, 4) is 0 Å². The van der Waals surface area contributed by atoms with Crippen molar-refractivity contribution in [1.82, 2.24) is 7.79 Å². The minimum atomic E-state index is -1.74. The van der Waals surface area contributed by atoms with Gasteiger partial charge in [-0.15, -0.1) is 0 Å². The fourth-order valence-electron chi connectivity index (χ4n) is 7.27. The summed E-state index contributed by atoms with van der Waals surface area (Å²) in [6.45, 7) is 46.6. The summed E-state index contributed by atoms with van der Waals surface area (Å²) in [6, 6.07) is 0. The lowest BCUT2D eigenvalue weighted by molar-refractivity contribution is 0.469. The molecule has 0 bridgehead atoms. The molecule has 1 saturated heterocycles. The van der Waals surface area contributed by atoms with Crippen LogP contribution in [0.15, 0.2) is 0 Å². The van der Waals surface area contributed by atoms with E-state index < -0.39 is 33.3 Å². The van der Waals surface area contributed by atoms with Crippen LogP contribution >= 0.6 is 0 Å². The summed E-state index contributed by atoms with van der Waals surface area (Å²) in [5.41, 5.74) is 0. The van der Waals surface area contributed by atoms with E-state index in [2.05, 4.69) is 130 Å². The van der Waals surface area contributed by atoms with Gasteiger partial charge in [-0.1, -0.05) is 96.2 Å². The molecule has 168 valence electrons. The van der Waals surface area contributed by atoms with Crippen LogP contribution in [0.4, 0.5) is 0 Å². The van der Waals surface area contributed by atoms with Crippen LogP contribution in [0.25, 0.3) is 0 Å². The number of hydrogen-bond donors (Lipinski definition) is 0. The highest BCUT2D eigenvalue weighted by Gasteiger charge is 2.76. The Morgan fingerprint density at radius 2 is 0.571 bits per heavy atom. The summed E-state index contributed by atoms with van der Waals surface area (Å²) >= 11 is 0. The van der Waals surface area contributed by atoms with Gasteiger partial charge in [0.15, 0.2) is 16.8 Å². The first-order valence-electron chi connectivity index (χ1n) is 11.3. The van der Waals surface area contributed by atoms with Crippen molar-refractivity contribution in [1.29, 1.82) is 0 Å². The molecule has 0 unspecified atom stereocenters. The molecule has 1 rings (SSSR count). The Morgan fingerprint density at radius 3 is 0.679 bits per heavy atom. The molecular formula is C22H54N2Si4. The second kappa shape index (κ2) is 6.64. The first-order valence-corrected chi connectivity index (χ1v) is 22.0. The second-order valence-corrected chi connectivity index (χ2v) is 36.4. The molecule has 0 aromatic rings. The van der Waals surface area contributed by atoms with Crippen molar-refractivity contribution in [2.75, 3.05) is 0 Å². The van der Waals surface area contributed by atoms with Crippen LogP contribution in [0.5, 0.6) is 0 Å². The topological polar surface area (TPSA) is 6.48 Å². The predicted molar refractivity (Wildman–Crippen MR) is 141 cm³/mol. The molecule has 6 heteroatoms. The predicted octanol–water partition coefficient (Wildman–Crippen LogP) is 8.36. The van der Waals surface area contributed by atoms with Crippen molar-refractivity contribution in [3.63, 3.8) is 0 Å². The molecule has 1 aliphatic heterocycles. The van der Waals surface area contributed by atoms with Crippen LogP contribution < -0.4 is 0 Å². The van der Waals surface area contributed by atoms with E-state index in [-0.39, 0.29) is 0 Å². The van der Waals surface area contributed by atoms with Crippen molar-refractivity contribution >= 4 is 33.3 Å². The summed E-state index contributed by atoms with van der Waals surface area (Å²) in [5.74, 6) is 0. The Bertz CT molecular complexity index is 504. The van der Waals surface area contributed by atoms with Crippen LogP contribution in [0.1, 0.15) is 83.1 Å². The third-order valence-corrected chi connectivity index (χ3v) is 45.3. The summed E-state index contributed by atoms with van der Waals surface area (Å²) in [7, 11) is -6.89. The minimum Gasteiger partial charge on any atom is -0.345 e. The maximum atomic E-state index is 3.29. The lowest BCUT2D eigenvalue weighted by atomic mass is 10.2. The van der Waals surface area contributed by atoms with Gasteiger partial charge < -0.3 is 7.79 Å². The molecule has 1 fully saturated rings. The zero-order valence-corrected chi connectivity index (χ0v) is 26.9. The van der Waals surface area contributed by atoms with Gasteiger partial charge in [0.05, 0.1) is 0 Å². The number of nitrogens with zero attached hydrogens (tertiary/aromatic N) is 2. The maximum absolute atomic E-state index is 3.29. The van der Waals surface area contributed by atoms with E-state index in [0.717, 1.165) is 0 Å². The van der Waals surface area contributed by atoms with E-state index in [4.69, 9.17) is 0 Å². The quantitative estimate of drug-likeness (QED) is 0.383. The van der Waals surface area contributed by atoms with Crippen LogP contribution in [0, 0.1) is 0 Å². The Balaban J connectivity index is 3.81. The molecule has 0 aliphatic carbocycles. The van der Waals surface area contributed by atoms with Gasteiger partial charge in [0.1, 0.15) is 16.5 Å². The summed E-state index contributed by atoms with van der Waals surface area (Å²) in [6.07, 6.45) is 0. The van der Waals surface area contributed by atoms with Crippen LogP contribution in [0.3, 0.4) is 0 Å². The van der Waals surface area contributed by atoms with E-state index in [0.29, 0.717) is 20.2 Å². The lowest BCUT2D eigenvalue weighted by Crippen LogP contribution is -3.01.